The summed E-state index contributed by atoms with van der Waals surface area (Å²) in [6.45, 7) is -3.17. The molecule has 1 atom stereocenters. The van der Waals surface area contributed by atoms with Crippen LogP contribution in [-0.4, -0.2) is 22.5 Å². The number of rotatable bonds is 6. The number of alkyl halides is 2. The third-order valence-electron chi connectivity index (χ3n) is 5.39. The van der Waals surface area contributed by atoms with Gasteiger partial charge < -0.3 is 15.4 Å². The Morgan fingerprint density at radius 1 is 1.06 bits per heavy atom. The molecular formula is C24H16F2N4O4S. The highest BCUT2D eigenvalue weighted by Gasteiger charge is 2.35. The molecule has 11 heteroatoms. The Labute approximate surface area is 201 Å². The number of carbonyl (C=O) groups is 1. The molecule has 0 spiro atoms. The van der Waals surface area contributed by atoms with E-state index < -0.39 is 23.6 Å². The number of para-hydroxylation sites is 1. The van der Waals surface area contributed by atoms with Crippen molar-refractivity contribution in [1.29, 1.82) is 0 Å². The SMILES string of the molecule is O=C1NC(c2ccccc2)=C(c2nc3ccccc3s2)[C@@H](c2cc([N+](=O)[O-])ccc2OC(F)F)N1. The lowest BCUT2D eigenvalue weighted by atomic mass is 9.92. The van der Waals surface area contributed by atoms with Crippen molar-refractivity contribution in [3.8, 4) is 5.75 Å². The van der Waals surface area contributed by atoms with Crippen LogP contribution in [0.2, 0.25) is 0 Å². The summed E-state index contributed by atoms with van der Waals surface area (Å²) in [5.41, 5.74) is 1.93. The van der Waals surface area contributed by atoms with E-state index in [1.165, 1.54) is 11.3 Å². The molecule has 0 saturated carbocycles. The van der Waals surface area contributed by atoms with E-state index in [1.807, 2.05) is 30.3 Å². The summed E-state index contributed by atoms with van der Waals surface area (Å²) >= 11 is 1.35. The van der Waals surface area contributed by atoms with Gasteiger partial charge in [-0.25, -0.2) is 9.78 Å². The molecule has 0 unspecified atom stereocenters. The lowest BCUT2D eigenvalue weighted by Crippen LogP contribution is -2.43. The Hall–Kier alpha value is -4.38. The molecule has 2 N–H and O–H groups in total. The van der Waals surface area contributed by atoms with Gasteiger partial charge in [0.2, 0.25) is 0 Å². The van der Waals surface area contributed by atoms with Gasteiger partial charge in [0.15, 0.2) is 0 Å². The maximum atomic E-state index is 13.2. The third-order valence-corrected chi connectivity index (χ3v) is 6.46. The molecule has 35 heavy (non-hydrogen) atoms. The Morgan fingerprint density at radius 2 is 1.80 bits per heavy atom. The maximum Gasteiger partial charge on any atom is 0.387 e. The number of halogens is 2. The zero-order chi connectivity index (χ0) is 24.5. The van der Waals surface area contributed by atoms with E-state index in [4.69, 9.17) is 4.98 Å². The molecule has 5 rings (SSSR count). The molecule has 0 fully saturated rings. The third kappa shape index (κ3) is 4.41. The summed E-state index contributed by atoms with van der Waals surface area (Å²) in [5.74, 6) is -0.288. The molecule has 8 nitrogen and oxygen atoms in total. The van der Waals surface area contributed by atoms with E-state index >= 15 is 0 Å². The Morgan fingerprint density at radius 3 is 2.51 bits per heavy atom. The van der Waals surface area contributed by atoms with Gasteiger partial charge in [-0.2, -0.15) is 8.78 Å². The second kappa shape index (κ2) is 9.11. The fraction of sp³-hybridized carbons (Fsp3) is 0.0833. The van der Waals surface area contributed by atoms with Crippen LogP contribution in [0.5, 0.6) is 5.75 Å². The number of fused-ring (bicyclic) bond motifs is 1. The van der Waals surface area contributed by atoms with E-state index in [0.29, 0.717) is 27.4 Å². The minimum atomic E-state index is -3.17. The summed E-state index contributed by atoms with van der Waals surface area (Å²) in [7, 11) is 0. The Bertz CT molecular complexity index is 1440. The van der Waals surface area contributed by atoms with E-state index in [2.05, 4.69) is 15.4 Å². The molecular weight excluding hydrogens is 478 g/mol. The second-order valence-electron chi connectivity index (χ2n) is 7.53. The van der Waals surface area contributed by atoms with Crippen molar-refractivity contribution in [1.82, 2.24) is 15.6 Å². The van der Waals surface area contributed by atoms with E-state index in [1.54, 1.807) is 24.3 Å². The number of hydrogen-bond donors (Lipinski definition) is 2. The normalized spacial score (nSPS) is 15.7. The van der Waals surface area contributed by atoms with E-state index in [0.717, 1.165) is 22.9 Å². The van der Waals surface area contributed by atoms with Crippen molar-refractivity contribution in [3.05, 3.63) is 99.0 Å². The number of amides is 2. The summed E-state index contributed by atoms with van der Waals surface area (Å²) < 4.78 is 32.0. The largest absolute Gasteiger partial charge is 0.434 e. The van der Waals surface area contributed by atoms with Crippen LogP contribution in [-0.2, 0) is 0 Å². The molecule has 3 aromatic carbocycles. The van der Waals surface area contributed by atoms with Crippen LogP contribution in [0, 0.1) is 10.1 Å². The van der Waals surface area contributed by atoms with Gasteiger partial charge in [0.25, 0.3) is 5.69 Å². The first kappa shape index (κ1) is 22.4. The minimum absolute atomic E-state index is 0.0111. The molecule has 1 aliphatic heterocycles. The highest BCUT2D eigenvalue weighted by Crippen LogP contribution is 2.44. The van der Waals surface area contributed by atoms with Crippen LogP contribution in [0.1, 0.15) is 22.2 Å². The number of thiazole rings is 1. The van der Waals surface area contributed by atoms with Crippen molar-refractivity contribution < 1.29 is 23.2 Å². The van der Waals surface area contributed by atoms with Gasteiger partial charge in [0, 0.05) is 23.3 Å². The smallest absolute Gasteiger partial charge is 0.387 e. The molecule has 4 aromatic rings. The van der Waals surface area contributed by atoms with E-state index in [-0.39, 0.29) is 17.0 Å². The number of hydrogen-bond acceptors (Lipinski definition) is 6. The van der Waals surface area contributed by atoms with Gasteiger partial charge in [-0.3, -0.25) is 10.1 Å². The number of nitrogens with one attached hydrogen (secondary N) is 2. The summed E-state index contributed by atoms with van der Waals surface area (Å²) in [4.78, 5) is 28.3. The van der Waals surface area contributed by atoms with Crippen LogP contribution < -0.4 is 15.4 Å². The first-order valence-electron chi connectivity index (χ1n) is 10.4. The molecule has 0 saturated heterocycles. The summed E-state index contributed by atoms with van der Waals surface area (Å²) in [6, 6.07) is 18.0. The number of nitrogens with zero attached hydrogens (tertiary/aromatic N) is 2. The predicted molar refractivity (Wildman–Crippen MR) is 127 cm³/mol. The first-order chi connectivity index (χ1) is 16.9. The average molecular weight is 494 g/mol. The summed E-state index contributed by atoms with van der Waals surface area (Å²) in [5, 5.41) is 17.5. The second-order valence-corrected chi connectivity index (χ2v) is 8.56. The Kier molecular flexibility index (Phi) is 5.83. The van der Waals surface area contributed by atoms with Crippen LogP contribution in [0.15, 0.2) is 72.8 Å². The van der Waals surface area contributed by atoms with Crippen LogP contribution in [0.3, 0.4) is 0 Å². The van der Waals surface area contributed by atoms with Crippen LogP contribution in [0.25, 0.3) is 21.5 Å². The molecule has 0 radical (unpaired) electrons. The molecule has 2 amide bonds. The quantitative estimate of drug-likeness (QED) is 0.263. The van der Waals surface area contributed by atoms with Crippen molar-refractivity contribution >= 4 is 44.5 Å². The van der Waals surface area contributed by atoms with Gasteiger partial charge in [-0.1, -0.05) is 42.5 Å². The van der Waals surface area contributed by atoms with Crippen molar-refractivity contribution in [2.24, 2.45) is 0 Å². The first-order valence-corrected chi connectivity index (χ1v) is 11.2. The van der Waals surface area contributed by atoms with Crippen LogP contribution in [0.4, 0.5) is 19.3 Å². The minimum Gasteiger partial charge on any atom is -0.434 e. The van der Waals surface area contributed by atoms with Gasteiger partial charge in [-0.15, -0.1) is 11.3 Å². The van der Waals surface area contributed by atoms with Gasteiger partial charge in [-0.05, 0) is 23.8 Å². The van der Waals surface area contributed by atoms with Crippen molar-refractivity contribution in [2.45, 2.75) is 12.7 Å². The molecule has 176 valence electrons. The maximum absolute atomic E-state index is 13.2. The number of urea groups is 1. The highest BCUT2D eigenvalue weighted by molar-refractivity contribution is 7.19. The zero-order valence-electron chi connectivity index (χ0n) is 17.8. The van der Waals surface area contributed by atoms with Crippen LogP contribution >= 0.6 is 11.3 Å². The summed E-state index contributed by atoms with van der Waals surface area (Å²) in [6.07, 6.45) is 0. The van der Waals surface area contributed by atoms with Crippen molar-refractivity contribution in [2.75, 3.05) is 0 Å². The standard InChI is InChI=1S/C24H16F2N4O4S/c25-23(26)34-17-11-10-14(30(32)33)12-15(17)21-19(22-27-16-8-4-5-9-18(16)35-22)20(28-24(31)29-21)13-6-2-1-3-7-13/h1-12,21,23H,(H2,28,29,31)/t21-/m1/s1. The fourth-order valence-corrected chi connectivity index (χ4v) is 4.97. The monoisotopic (exact) mass is 494 g/mol. The number of nitro groups is 1. The Balaban J connectivity index is 1.79. The topological polar surface area (TPSA) is 106 Å². The van der Waals surface area contributed by atoms with Gasteiger partial charge in [0.1, 0.15) is 10.8 Å². The number of benzene rings is 3. The van der Waals surface area contributed by atoms with Crippen molar-refractivity contribution in [3.63, 3.8) is 0 Å². The average Bonchev–Trinajstić information content (AvgIpc) is 3.27. The van der Waals surface area contributed by atoms with E-state index in [9.17, 15) is 23.7 Å². The number of nitro benzene ring substituents is 1. The fourth-order valence-electron chi connectivity index (χ4n) is 3.93. The van der Waals surface area contributed by atoms with Gasteiger partial charge >= 0.3 is 12.6 Å². The zero-order valence-corrected chi connectivity index (χ0v) is 18.6. The highest BCUT2D eigenvalue weighted by atomic mass is 32.1. The number of aromatic nitrogens is 1. The molecule has 0 bridgehead atoms. The predicted octanol–water partition coefficient (Wildman–Crippen LogP) is 5.73. The van der Waals surface area contributed by atoms with Gasteiger partial charge in [0.05, 0.1) is 26.9 Å². The molecule has 1 aromatic heterocycles. The number of ether oxygens (including phenoxy) is 1. The lowest BCUT2D eigenvalue weighted by molar-refractivity contribution is -0.385. The molecule has 0 aliphatic carbocycles. The lowest BCUT2D eigenvalue weighted by Gasteiger charge is -2.30. The number of non-ortho nitro benzene ring substituents is 1. The molecule has 2 heterocycles. The number of carbonyl (C=O) groups excluding carboxylic acids is 1. The molecule has 1 aliphatic rings.